The molecule has 2 atom stereocenters. The van der Waals surface area contributed by atoms with Gasteiger partial charge >= 0.3 is 11.9 Å². The second-order valence-electron chi connectivity index (χ2n) is 3.86. The molecule has 4 heteroatoms. The second kappa shape index (κ2) is 4.35. The van der Waals surface area contributed by atoms with Gasteiger partial charge in [-0.3, -0.25) is 9.59 Å². The van der Waals surface area contributed by atoms with E-state index in [0.29, 0.717) is 6.42 Å². The van der Waals surface area contributed by atoms with Crippen LogP contribution in [0.5, 0.6) is 0 Å². The maximum absolute atomic E-state index is 11.2. The first-order valence-electron chi connectivity index (χ1n) is 5.13. The van der Waals surface area contributed by atoms with Gasteiger partial charge in [0, 0.05) is 5.92 Å². The Labute approximate surface area is 92.8 Å². The summed E-state index contributed by atoms with van der Waals surface area (Å²) in [5.41, 5.74) is 1.02. The minimum absolute atomic E-state index is 0.0139. The fraction of sp³-hybridized carbons (Fsp3) is 0.333. The number of hydrogen-bond donors (Lipinski definition) is 1. The molecule has 4 nitrogen and oxygen atoms in total. The molecule has 0 aliphatic carbocycles. The molecule has 1 heterocycles. The van der Waals surface area contributed by atoms with Gasteiger partial charge in [0.25, 0.3) is 0 Å². The molecule has 1 aromatic carbocycles. The van der Waals surface area contributed by atoms with Crippen molar-refractivity contribution in [2.75, 3.05) is 6.61 Å². The van der Waals surface area contributed by atoms with E-state index in [9.17, 15) is 9.59 Å². The van der Waals surface area contributed by atoms with Gasteiger partial charge in [-0.25, -0.2) is 0 Å². The first kappa shape index (κ1) is 10.7. The van der Waals surface area contributed by atoms with Crippen LogP contribution in [0.2, 0.25) is 0 Å². The molecule has 0 saturated carbocycles. The van der Waals surface area contributed by atoms with Gasteiger partial charge in [-0.15, -0.1) is 0 Å². The van der Waals surface area contributed by atoms with E-state index < -0.39 is 17.9 Å². The smallest absolute Gasteiger partial charge is 0.320 e. The zero-order valence-electron chi connectivity index (χ0n) is 8.63. The third kappa shape index (κ3) is 2.05. The van der Waals surface area contributed by atoms with Crippen molar-refractivity contribution in [3.8, 4) is 0 Å². The summed E-state index contributed by atoms with van der Waals surface area (Å²) in [6.07, 6.45) is 0.318. The van der Waals surface area contributed by atoms with Gasteiger partial charge in [0.2, 0.25) is 0 Å². The van der Waals surface area contributed by atoms with Crippen LogP contribution in [0.25, 0.3) is 0 Å². The molecule has 0 radical (unpaired) electrons. The Morgan fingerprint density at radius 1 is 1.31 bits per heavy atom. The van der Waals surface area contributed by atoms with E-state index in [1.165, 1.54) is 0 Å². The third-order valence-electron chi connectivity index (χ3n) is 2.80. The van der Waals surface area contributed by atoms with Crippen molar-refractivity contribution in [3.63, 3.8) is 0 Å². The number of rotatable bonds is 2. The highest BCUT2D eigenvalue weighted by atomic mass is 16.5. The molecule has 2 unspecified atom stereocenters. The predicted molar refractivity (Wildman–Crippen MR) is 55.9 cm³/mol. The molecule has 0 bridgehead atoms. The number of hydrogen-bond acceptors (Lipinski definition) is 3. The number of carbonyl (C=O) groups excluding carboxylic acids is 1. The minimum atomic E-state index is -1.11. The van der Waals surface area contributed by atoms with Crippen LogP contribution in [0.3, 0.4) is 0 Å². The zero-order valence-corrected chi connectivity index (χ0v) is 8.63. The summed E-state index contributed by atoms with van der Waals surface area (Å²) < 4.78 is 4.90. The summed E-state index contributed by atoms with van der Waals surface area (Å²) in [6, 6.07) is 9.52. The Morgan fingerprint density at radius 2 is 2.00 bits per heavy atom. The number of ether oxygens (including phenoxy) is 1. The topological polar surface area (TPSA) is 63.6 Å². The van der Waals surface area contributed by atoms with Gasteiger partial charge < -0.3 is 9.84 Å². The molecule has 16 heavy (non-hydrogen) atoms. The Bertz CT molecular complexity index is 399. The largest absolute Gasteiger partial charge is 0.481 e. The van der Waals surface area contributed by atoms with Crippen LogP contribution in [-0.2, 0) is 14.3 Å². The SMILES string of the molecule is O=C(O)C1CC(c2ccccc2)COC1=O. The van der Waals surface area contributed by atoms with E-state index in [-0.39, 0.29) is 12.5 Å². The Kier molecular flexibility index (Phi) is 2.90. The van der Waals surface area contributed by atoms with Crippen molar-refractivity contribution < 1.29 is 19.4 Å². The molecule has 1 aromatic rings. The van der Waals surface area contributed by atoms with Gasteiger partial charge in [-0.05, 0) is 12.0 Å². The van der Waals surface area contributed by atoms with Gasteiger partial charge in [0.15, 0.2) is 5.92 Å². The Hall–Kier alpha value is -1.84. The average Bonchev–Trinajstić information content (AvgIpc) is 2.30. The average molecular weight is 220 g/mol. The molecule has 1 fully saturated rings. The highest BCUT2D eigenvalue weighted by molar-refractivity contribution is 5.94. The van der Waals surface area contributed by atoms with Gasteiger partial charge in [0.1, 0.15) is 0 Å². The molecule has 0 spiro atoms. The van der Waals surface area contributed by atoms with Crippen LogP contribution >= 0.6 is 0 Å². The van der Waals surface area contributed by atoms with E-state index in [0.717, 1.165) is 5.56 Å². The van der Waals surface area contributed by atoms with Crippen molar-refractivity contribution in [2.24, 2.45) is 5.92 Å². The lowest BCUT2D eigenvalue weighted by Crippen LogP contribution is -2.34. The lowest BCUT2D eigenvalue weighted by molar-refractivity contribution is -0.163. The summed E-state index contributed by atoms with van der Waals surface area (Å²) in [7, 11) is 0. The minimum Gasteiger partial charge on any atom is -0.481 e. The van der Waals surface area contributed by atoms with Crippen molar-refractivity contribution in [2.45, 2.75) is 12.3 Å². The van der Waals surface area contributed by atoms with E-state index >= 15 is 0 Å². The summed E-state index contributed by atoms with van der Waals surface area (Å²) in [4.78, 5) is 22.1. The molecular formula is C12H12O4. The molecule has 2 rings (SSSR count). The summed E-state index contributed by atoms with van der Waals surface area (Å²) >= 11 is 0. The maximum atomic E-state index is 11.2. The van der Waals surface area contributed by atoms with Crippen LogP contribution in [-0.4, -0.2) is 23.7 Å². The van der Waals surface area contributed by atoms with E-state index in [1.54, 1.807) is 0 Å². The number of benzene rings is 1. The predicted octanol–water partition coefficient (Wildman–Crippen LogP) is 1.42. The molecule has 1 saturated heterocycles. The van der Waals surface area contributed by atoms with Gasteiger partial charge in [0.05, 0.1) is 6.61 Å². The zero-order chi connectivity index (χ0) is 11.5. The standard InChI is InChI=1S/C12H12O4/c13-11(14)10-6-9(7-16-12(10)15)8-4-2-1-3-5-8/h1-5,9-10H,6-7H2,(H,13,14). The second-order valence-corrected chi connectivity index (χ2v) is 3.86. The van der Waals surface area contributed by atoms with Gasteiger partial charge in [-0.1, -0.05) is 30.3 Å². The van der Waals surface area contributed by atoms with Crippen LogP contribution in [0.15, 0.2) is 30.3 Å². The normalized spacial score (nSPS) is 24.9. The Morgan fingerprint density at radius 3 is 2.62 bits per heavy atom. The number of esters is 1. The summed E-state index contributed by atoms with van der Waals surface area (Å²) in [5, 5.41) is 8.87. The van der Waals surface area contributed by atoms with Crippen LogP contribution in [0, 0.1) is 5.92 Å². The highest BCUT2D eigenvalue weighted by Crippen LogP contribution is 2.29. The maximum Gasteiger partial charge on any atom is 0.320 e. The van der Waals surface area contributed by atoms with Crippen LogP contribution < -0.4 is 0 Å². The first-order valence-corrected chi connectivity index (χ1v) is 5.13. The van der Waals surface area contributed by atoms with Crippen molar-refractivity contribution in [3.05, 3.63) is 35.9 Å². The Balaban J connectivity index is 2.15. The number of carboxylic acid groups (broad SMARTS) is 1. The lowest BCUT2D eigenvalue weighted by atomic mass is 9.87. The monoisotopic (exact) mass is 220 g/mol. The summed E-state index contributed by atoms with van der Waals surface area (Å²) in [6.45, 7) is 0.270. The van der Waals surface area contributed by atoms with E-state index in [2.05, 4.69) is 0 Å². The van der Waals surface area contributed by atoms with Crippen molar-refractivity contribution in [1.29, 1.82) is 0 Å². The van der Waals surface area contributed by atoms with Crippen molar-refractivity contribution in [1.82, 2.24) is 0 Å². The first-order chi connectivity index (χ1) is 7.68. The van der Waals surface area contributed by atoms with Crippen LogP contribution in [0.1, 0.15) is 17.9 Å². The van der Waals surface area contributed by atoms with Gasteiger partial charge in [-0.2, -0.15) is 0 Å². The van der Waals surface area contributed by atoms with E-state index in [1.807, 2.05) is 30.3 Å². The third-order valence-corrected chi connectivity index (χ3v) is 2.80. The molecule has 0 amide bonds. The lowest BCUT2D eigenvalue weighted by Gasteiger charge is -2.26. The molecule has 1 aliphatic rings. The summed E-state index contributed by atoms with van der Waals surface area (Å²) in [5.74, 6) is -2.77. The molecular weight excluding hydrogens is 208 g/mol. The van der Waals surface area contributed by atoms with E-state index in [4.69, 9.17) is 9.84 Å². The fourth-order valence-corrected chi connectivity index (χ4v) is 1.89. The molecule has 84 valence electrons. The number of carboxylic acids is 1. The molecule has 1 N–H and O–H groups in total. The number of aliphatic carboxylic acids is 1. The molecule has 0 aromatic heterocycles. The quantitative estimate of drug-likeness (QED) is 0.604. The van der Waals surface area contributed by atoms with Crippen molar-refractivity contribution >= 4 is 11.9 Å². The fourth-order valence-electron chi connectivity index (χ4n) is 1.89. The van der Waals surface area contributed by atoms with Crippen LogP contribution in [0.4, 0.5) is 0 Å². The molecule has 1 aliphatic heterocycles. The highest BCUT2D eigenvalue weighted by Gasteiger charge is 2.36. The number of carbonyl (C=O) groups is 2. The number of cyclic esters (lactones) is 1.